The van der Waals surface area contributed by atoms with Gasteiger partial charge in [0.25, 0.3) is 12.3 Å². The van der Waals surface area contributed by atoms with Gasteiger partial charge in [-0.25, -0.2) is 31.9 Å². The second-order valence-electron chi connectivity index (χ2n) is 15.0. The van der Waals surface area contributed by atoms with E-state index in [0.717, 1.165) is 42.9 Å². The van der Waals surface area contributed by atoms with Gasteiger partial charge in [0.1, 0.15) is 17.1 Å². The van der Waals surface area contributed by atoms with E-state index in [4.69, 9.17) is 0 Å². The van der Waals surface area contributed by atoms with E-state index in [-0.39, 0.29) is 52.9 Å². The van der Waals surface area contributed by atoms with Crippen LogP contribution in [0.3, 0.4) is 0 Å². The smallest absolute Gasteiger partial charge is 0.329 e. The van der Waals surface area contributed by atoms with E-state index < -0.39 is 53.2 Å². The van der Waals surface area contributed by atoms with Gasteiger partial charge in [0.15, 0.2) is 23.0 Å². The Morgan fingerprint density at radius 2 is 1.79 bits per heavy atom. The minimum atomic E-state index is -2.89. The van der Waals surface area contributed by atoms with Crippen LogP contribution < -0.4 is 21.2 Å². The van der Waals surface area contributed by atoms with Crippen LogP contribution in [0, 0.1) is 17.6 Å². The summed E-state index contributed by atoms with van der Waals surface area (Å²) in [4.78, 5) is 59.1. The number of aromatic nitrogens is 7. The number of imide groups is 1. The number of hydrogen-bond donors (Lipinski definition) is 2. The fourth-order valence-electron chi connectivity index (χ4n) is 8.71. The number of hydrogen-bond acceptors (Lipinski definition) is 9. The van der Waals surface area contributed by atoms with Gasteiger partial charge >= 0.3 is 5.69 Å². The molecule has 1 saturated carbocycles. The van der Waals surface area contributed by atoms with Crippen LogP contribution >= 0.6 is 0 Å². The number of anilines is 2. The zero-order valence-corrected chi connectivity index (χ0v) is 30.8. The van der Waals surface area contributed by atoms with E-state index >= 15 is 8.78 Å². The van der Waals surface area contributed by atoms with E-state index in [1.807, 2.05) is 4.90 Å². The van der Waals surface area contributed by atoms with Crippen molar-refractivity contribution in [2.75, 3.05) is 36.9 Å². The maximum Gasteiger partial charge on any atom is 0.329 e. The molecule has 296 valence electrons. The molecule has 8 rings (SSSR count). The summed E-state index contributed by atoms with van der Waals surface area (Å²) in [6.45, 7) is 1.72. The Morgan fingerprint density at radius 3 is 2.50 bits per heavy atom. The summed E-state index contributed by atoms with van der Waals surface area (Å²) in [6.07, 6.45) is 7.63. The molecule has 4 aromatic heterocycles. The normalized spacial score (nSPS) is 21.1. The third-order valence-electron chi connectivity index (χ3n) is 11.6. The molecule has 1 aromatic carbocycles. The fraction of sp³-hybridized carbons (Fsp3) is 0.486. The SMILES string of the molecule is CN(CC1CCC(n2cc(NC(=O)c3cnn4cccnc34)c(C(F)F)n2)CC1)C1CCN(c2c(F)cc(F)c3c2n(C)c(=O)n3C2CCC(=O)NC2=O)CC1. The maximum absolute atomic E-state index is 15.6. The lowest BCUT2D eigenvalue weighted by atomic mass is 9.85. The van der Waals surface area contributed by atoms with Gasteiger partial charge in [-0.3, -0.25) is 33.5 Å². The van der Waals surface area contributed by atoms with Crippen molar-refractivity contribution in [1.29, 1.82) is 0 Å². The standard InChI is InChI=1S/C37H41F4N11O4/c1-47(18-20-4-6-22(7-5-20)51-19-26(29(46-51)33(40)41)44-35(54)23-17-43-50-13-3-12-42-34(23)50)21-10-14-49(15-11-21)30-24(38)16-25(39)31-32(30)48(2)37(56)52(31)27-8-9-28(53)45-36(27)55/h3,12-13,16-17,19-22,27,33H,4-11,14-15,18H2,1-2H3,(H,44,54)(H,45,53,55). The summed E-state index contributed by atoms with van der Waals surface area (Å²) >= 11 is 0. The van der Waals surface area contributed by atoms with Crippen molar-refractivity contribution in [3.8, 4) is 0 Å². The Labute approximate surface area is 317 Å². The van der Waals surface area contributed by atoms with Gasteiger partial charge in [-0.05, 0) is 64.0 Å². The van der Waals surface area contributed by atoms with Crippen LogP contribution in [-0.4, -0.2) is 88.9 Å². The molecule has 1 aliphatic carbocycles. The summed E-state index contributed by atoms with van der Waals surface area (Å²) in [6, 6.07) is 1.40. The number of carbonyl (C=O) groups is 3. The number of fused-ring (bicyclic) bond motifs is 2. The summed E-state index contributed by atoms with van der Waals surface area (Å²) < 4.78 is 64.3. The maximum atomic E-state index is 15.6. The van der Waals surface area contributed by atoms with E-state index in [9.17, 15) is 28.0 Å². The number of amides is 3. The predicted octanol–water partition coefficient (Wildman–Crippen LogP) is 4.36. The number of rotatable bonds is 9. The molecule has 0 spiro atoms. The van der Waals surface area contributed by atoms with Crippen molar-refractivity contribution in [3.05, 3.63) is 70.3 Å². The first-order valence-electron chi connectivity index (χ1n) is 18.7. The van der Waals surface area contributed by atoms with Gasteiger partial charge in [0.2, 0.25) is 11.8 Å². The molecule has 5 aromatic rings. The number of carbonyl (C=O) groups excluding carboxylic acids is 3. The first-order valence-corrected chi connectivity index (χ1v) is 18.7. The predicted molar refractivity (Wildman–Crippen MR) is 195 cm³/mol. The van der Waals surface area contributed by atoms with Gasteiger partial charge < -0.3 is 15.1 Å². The molecule has 1 atom stereocenters. The summed E-state index contributed by atoms with van der Waals surface area (Å²) in [5.41, 5.74) is -0.748. The number of nitrogens with one attached hydrogen (secondary N) is 2. The van der Waals surface area contributed by atoms with Gasteiger partial charge in [0, 0.05) is 63.8 Å². The molecule has 0 bridgehead atoms. The highest BCUT2D eigenvalue weighted by Crippen LogP contribution is 2.38. The van der Waals surface area contributed by atoms with Gasteiger partial charge in [-0.15, -0.1) is 0 Å². The average molecular weight is 780 g/mol. The van der Waals surface area contributed by atoms with E-state index in [1.165, 1.54) is 34.7 Å². The zero-order valence-electron chi connectivity index (χ0n) is 30.8. The Bertz CT molecular complexity index is 2390. The number of nitrogens with zero attached hydrogens (tertiary/aromatic N) is 9. The van der Waals surface area contributed by atoms with Gasteiger partial charge in [-0.2, -0.15) is 10.2 Å². The van der Waals surface area contributed by atoms with Crippen molar-refractivity contribution in [2.24, 2.45) is 13.0 Å². The number of piperidine rings is 2. The molecule has 2 N–H and O–H groups in total. The van der Waals surface area contributed by atoms with Crippen LogP contribution in [0.2, 0.25) is 0 Å². The summed E-state index contributed by atoms with van der Waals surface area (Å²) in [7, 11) is 3.48. The monoisotopic (exact) mass is 779 g/mol. The lowest BCUT2D eigenvalue weighted by molar-refractivity contribution is -0.135. The highest BCUT2D eigenvalue weighted by atomic mass is 19.3. The molecule has 6 heterocycles. The van der Waals surface area contributed by atoms with Crippen molar-refractivity contribution >= 4 is 45.8 Å². The number of imidazole rings is 1. The third kappa shape index (κ3) is 6.70. The van der Waals surface area contributed by atoms with Crippen LogP contribution in [0.15, 0.2) is 41.7 Å². The Kier molecular flexibility index (Phi) is 9.88. The number of aryl methyl sites for hydroxylation is 1. The number of benzene rings is 1. The fourth-order valence-corrected chi connectivity index (χ4v) is 8.71. The van der Waals surface area contributed by atoms with Gasteiger partial charge in [0.05, 0.1) is 29.1 Å². The summed E-state index contributed by atoms with van der Waals surface area (Å²) in [5, 5.41) is 13.1. The first-order chi connectivity index (χ1) is 26.9. The molecule has 0 radical (unpaired) electrons. The number of halogens is 4. The highest BCUT2D eigenvalue weighted by molar-refractivity contribution is 6.08. The highest BCUT2D eigenvalue weighted by Gasteiger charge is 2.36. The molecule has 2 saturated heterocycles. The minimum absolute atomic E-state index is 0.00369. The summed E-state index contributed by atoms with van der Waals surface area (Å²) in [5.74, 6) is -3.18. The zero-order chi connectivity index (χ0) is 39.4. The Hall–Kier alpha value is -5.59. The molecule has 3 fully saturated rings. The van der Waals surface area contributed by atoms with Crippen LogP contribution in [0.1, 0.15) is 85.9 Å². The van der Waals surface area contributed by atoms with Crippen molar-refractivity contribution in [2.45, 2.75) is 75.9 Å². The molecule has 1 unspecified atom stereocenters. The molecule has 19 heteroatoms. The quantitative estimate of drug-likeness (QED) is 0.164. The Morgan fingerprint density at radius 1 is 1.04 bits per heavy atom. The van der Waals surface area contributed by atoms with Crippen molar-refractivity contribution in [3.63, 3.8) is 0 Å². The molecule has 56 heavy (non-hydrogen) atoms. The molecule has 2 aliphatic heterocycles. The van der Waals surface area contributed by atoms with Crippen molar-refractivity contribution in [1.82, 2.24) is 43.7 Å². The lowest BCUT2D eigenvalue weighted by Crippen LogP contribution is -2.45. The Balaban J connectivity index is 0.890. The van der Waals surface area contributed by atoms with E-state index in [2.05, 4.69) is 37.8 Å². The van der Waals surface area contributed by atoms with E-state index in [0.29, 0.717) is 37.5 Å². The molecule has 3 aliphatic rings. The van der Waals surface area contributed by atoms with Crippen LogP contribution in [0.4, 0.5) is 28.9 Å². The largest absolute Gasteiger partial charge is 0.367 e. The second kappa shape index (κ2) is 14.8. The lowest BCUT2D eigenvalue weighted by Gasteiger charge is -2.40. The molecular weight excluding hydrogens is 738 g/mol. The van der Waals surface area contributed by atoms with Crippen LogP contribution in [-0.2, 0) is 16.6 Å². The molecule has 3 amide bonds. The molecule has 15 nitrogen and oxygen atoms in total. The first kappa shape index (κ1) is 37.3. The second-order valence-corrected chi connectivity index (χ2v) is 15.0. The number of alkyl halides is 2. The third-order valence-corrected chi connectivity index (χ3v) is 11.6. The van der Waals surface area contributed by atoms with E-state index in [1.54, 1.807) is 16.9 Å². The average Bonchev–Trinajstić information content (AvgIpc) is 3.87. The minimum Gasteiger partial charge on any atom is -0.367 e. The topological polar surface area (TPSA) is 157 Å². The van der Waals surface area contributed by atoms with Crippen LogP contribution in [0.5, 0.6) is 0 Å². The van der Waals surface area contributed by atoms with Gasteiger partial charge in [-0.1, -0.05) is 0 Å². The molecular formula is C37H41F4N11O4. The van der Waals surface area contributed by atoms with Crippen molar-refractivity contribution < 1.29 is 31.9 Å². The van der Waals surface area contributed by atoms with Crippen LogP contribution in [0.25, 0.3) is 16.7 Å².